The van der Waals surface area contributed by atoms with Gasteiger partial charge in [-0.25, -0.2) is 0 Å². The van der Waals surface area contributed by atoms with Crippen LogP contribution in [0.2, 0.25) is 0 Å². The molecule has 1 unspecified atom stereocenters. The highest BCUT2D eigenvalue weighted by molar-refractivity contribution is 5.26. The minimum Gasteiger partial charge on any atom is -0.316 e. The standard InChI is InChI=1S/C17H33N3/c1-6-10-11-14(7-2)13-20-17(9-4)15(12-18-5)16(8-3)19-20/h14,18H,6-13H2,1-5H3. The summed E-state index contributed by atoms with van der Waals surface area (Å²) in [5.41, 5.74) is 4.15. The number of nitrogens with one attached hydrogen (secondary N) is 1. The highest BCUT2D eigenvalue weighted by Crippen LogP contribution is 2.21. The molecule has 1 N–H and O–H groups in total. The van der Waals surface area contributed by atoms with E-state index in [9.17, 15) is 0 Å². The summed E-state index contributed by atoms with van der Waals surface area (Å²) >= 11 is 0. The molecule has 1 aromatic heterocycles. The first-order valence-electron chi connectivity index (χ1n) is 8.43. The maximum Gasteiger partial charge on any atom is 0.0669 e. The van der Waals surface area contributed by atoms with Crippen molar-refractivity contribution in [3.05, 3.63) is 17.0 Å². The smallest absolute Gasteiger partial charge is 0.0669 e. The third kappa shape index (κ3) is 4.34. The van der Waals surface area contributed by atoms with Crippen LogP contribution in [0.1, 0.15) is 70.3 Å². The summed E-state index contributed by atoms with van der Waals surface area (Å²) < 4.78 is 2.30. The van der Waals surface area contributed by atoms with E-state index < -0.39 is 0 Å². The molecule has 3 nitrogen and oxygen atoms in total. The number of nitrogens with zero attached hydrogens (tertiary/aromatic N) is 2. The Morgan fingerprint density at radius 3 is 2.40 bits per heavy atom. The van der Waals surface area contributed by atoms with E-state index in [-0.39, 0.29) is 0 Å². The van der Waals surface area contributed by atoms with Gasteiger partial charge in [-0.15, -0.1) is 0 Å². The van der Waals surface area contributed by atoms with Crippen LogP contribution in [0.4, 0.5) is 0 Å². The zero-order valence-corrected chi connectivity index (χ0v) is 14.1. The summed E-state index contributed by atoms with van der Waals surface area (Å²) in [7, 11) is 2.02. The first-order valence-corrected chi connectivity index (χ1v) is 8.43. The SMILES string of the molecule is CCCCC(CC)Cn1nc(CC)c(CNC)c1CC. The molecule has 0 bridgehead atoms. The number of aromatic nitrogens is 2. The molecule has 116 valence electrons. The van der Waals surface area contributed by atoms with Crippen LogP contribution in [0, 0.1) is 5.92 Å². The molecule has 0 radical (unpaired) electrons. The molecule has 20 heavy (non-hydrogen) atoms. The molecule has 0 amide bonds. The topological polar surface area (TPSA) is 29.9 Å². The average molecular weight is 279 g/mol. The Kier molecular flexibility index (Phi) is 7.90. The minimum absolute atomic E-state index is 0.771. The van der Waals surface area contributed by atoms with Crippen LogP contribution in [0.5, 0.6) is 0 Å². The zero-order chi connectivity index (χ0) is 15.0. The lowest BCUT2D eigenvalue weighted by Crippen LogP contribution is -2.15. The molecule has 0 fully saturated rings. The Hall–Kier alpha value is -0.830. The van der Waals surface area contributed by atoms with Gasteiger partial charge < -0.3 is 5.32 Å². The van der Waals surface area contributed by atoms with Crippen molar-refractivity contribution in [2.45, 2.75) is 79.3 Å². The largest absolute Gasteiger partial charge is 0.316 e. The van der Waals surface area contributed by atoms with Gasteiger partial charge in [0.05, 0.1) is 5.69 Å². The molecule has 0 spiro atoms. The fourth-order valence-electron chi connectivity index (χ4n) is 2.96. The second-order valence-electron chi connectivity index (χ2n) is 5.71. The van der Waals surface area contributed by atoms with Gasteiger partial charge in [-0.05, 0) is 32.2 Å². The number of hydrogen-bond acceptors (Lipinski definition) is 2. The summed E-state index contributed by atoms with van der Waals surface area (Å²) in [5, 5.41) is 8.19. The van der Waals surface area contributed by atoms with Crippen LogP contribution >= 0.6 is 0 Å². The monoisotopic (exact) mass is 279 g/mol. The summed E-state index contributed by atoms with van der Waals surface area (Å²) in [5.74, 6) is 0.771. The third-order valence-electron chi connectivity index (χ3n) is 4.25. The fraction of sp³-hybridized carbons (Fsp3) is 0.824. The van der Waals surface area contributed by atoms with Gasteiger partial charge in [0.25, 0.3) is 0 Å². The van der Waals surface area contributed by atoms with Gasteiger partial charge in [0, 0.05) is 24.3 Å². The van der Waals surface area contributed by atoms with Crippen molar-refractivity contribution < 1.29 is 0 Å². The molecule has 3 heteroatoms. The van der Waals surface area contributed by atoms with E-state index in [0.717, 1.165) is 31.8 Å². The Morgan fingerprint density at radius 2 is 1.90 bits per heavy atom. The molecule has 0 saturated carbocycles. The van der Waals surface area contributed by atoms with E-state index in [2.05, 4.69) is 37.7 Å². The number of hydrogen-bond donors (Lipinski definition) is 1. The Labute approximate surface area is 125 Å². The highest BCUT2D eigenvalue weighted by Gasteiger charge is 2.17. The van der Waals surface area contributed by atoms with E-state index in [0.29, 0.717) is 0 Å². The maximum absolute atomic E-state index is 4.89. The molecular weight excluding hydrogens is 246 g/mol. The summed E-state index contributed by atoms with van der Waals surface area (Å²) in [6, 6.07) is 0. The number of aryl methyl sites for hydroxylation is 1. The Balaban J connectivity index is 2.92. The van der Waals surface area contributed by atoms with Crippen molar-refractivity contribution in [3.63, 3.8) is 0 Å². The van der Waals surface area contributed by atoms with Crippen molar-refractivity contribution in [1.29, 1.82) is 0 Å². The van der Waals surface area contributed by atoms with E-state index in [1.165, 1.54) is 42.6 Å². The van der Waals surface area contributed by atoms with Gasteiger partial charge in [0.1, 0.15) is 0 Å². The minimum atomic E-state index is 0.771. The lowest BCUT2D eigenvalue weighted by molar-refractivity contribution is 0.365. The quantitative estimate of drug-likeness (QED) is 0.703. The summed E-state index contributed by atoms with van der Waals surface area (Å²) in [6.45, 7) is 11.1. The first-order chi connectivity index (χ1) is 9.71. The van der Waals surface area contributed by atoms with Crippen LogP contribution in [-0.2, 0) is 25.9 Å². The van der Waals surface area contributed by atoms with Crippen LogP contribution in [0.25, 0.3) is 0 Å². The van der Waals surface area contributed by atoms with Gasteiger partial charge in [-0.3, -0.25) is 4.68 Å². The first kappa shape index (κ1) is 17.2. The van der Waals surface area contributed by atoms with Crippen LogP contribution in [0.15, 0.2) is 0 Å². The summed E-state index contributed by atoms with van der Waals surface area (Å²) in [4.78, 5) is 0. The lowest BCUT2D eigenvalue weighted by atomic mass is 9.99. The van der Waals surface area contributed by atoms with Crippen molar-refractivity contribution in [1.82, 2.24) is 15.1 Å². The maximum atomic E-state index is 4.89. The van der Waals surface area contributed by atoms with E-state index in [1.54, 1.807) is 0 Å². The van der Waals surface area contributed by atoms with Crippen LogP contribution < -0.4 is 5.32 Å². The van der Waals surface area contributed by atoms with Gasteiger partial charge in [0.2, 0.25) is 0 Å². The molecule has 0 aliphatic carbocycles. The average Bonchev–Trinajstić information content (AvgIpc) is 2.80. The molecule has 0 aliphatic rings. The fourth-order valence-corrected chi connectivity index (χ4v) is 2.96. The predicted octanol–water partition coefficient (Wildman–Crippen LogP) is 3.94. The molecule has 1 aromatic rings. The van der Waals surface area contributed by atoms with Crippen molar-refractivity contribution in [2.75, 3.05) is 7.05 Å². The van der Waals surface area contributed by atoms with Gasteiger partial charge >= 0.3 is 0 Å². The Morgan fingerprint density at radius 1 is 1.15 bits per heavy atom. The van der Waals surface area contributed by atoms with Crippen molar-refractivity contribution >= 4 is 0 Å². The second-order valence-corrected chi connectivity index (χ2v) is 5.71. The van der Waals surface area contributed by atoms with Gasteiger partial charge in [-0.1, -0.05) is 47.0 Å². The molecule has 0 saturated heterocycles. The molecule has 1 rings (SSSR count). The molecule has 0 aromatic carbocycles. The van der Waals surface area contributed by atoms with Crippen LogP contribution in [0.3, 0.4) is 0 Å². The van der Waals surface area contributed by atoms with E-state index in [1.807, 2.05) is 7.05 Å². The lowest BCUT2D eigenvalue weighted by Gasteiger charge is -2.16. The van der Waals surface area contributed by atoms with Crippen molar-refractivity contribution in [3.8, 4) is 0 Å². The van der Waals surface area contributed by atoms with E-state index in [4.69, 9.17) is 5.10 Å². The number of rotatable bonds is 10. The molecule has 1 atom stereocenters. The molecular formula is C17H33N3. The Bertz CT molecular complexity index is 382. The second kappa shape index (κ2) is 9.17. The molecule has 0 aliphatic heterocycles. The van der Waals surface area contributed by atoms with Crippen molar-refractivity contribution in [2.24, 2.45) is 5.92 Å². The van der Waals surface area contributed by atoms with E-state index >= 15 is 0 Å². The highest BCUT2D eigenvalue weighted by atomic mass is 15.3. The normalized spacial score (nSPS) is 12.8. The summed E-state index contributed by atoms with van der Waals surface area (Å²) in [6.07, 6.45) is 7.33. The third-order valence-corrected chi connectivity index (χ3v) is 4.25. The zero-order valence-electron chi connectivity index (χ0n) is 14.1. The van der Waals surface area contributed by atoms with Gasteiger partial charge in [0.15, 0.2) is 0 Å². The van der Waals surface area contributed by atoms with Crippen LogP contribution in [-0.4, -0.2) is 16.8 Å². The predicted molar refractivity (Wildman–Crippen MR) is 87.1 cm³/mol. The molecule has 1 heterocycles. The number of unbranched alkanes of at least 4 members (excludes halogenated alkanes) is 1. The van der Waals surface area contributed by atoms with Gasteiger partial charge in [-0.2, -0.15) is 5.10 Å².